The summed E-state index contributed by atoms with van der Waals surface area (Å²) in [7, 11) is 2.06. The fourth-order valence-electron chi connectivity index (χ4n) is 2.36. The number of aromatic nitrogens is 2. The van der Waals surface area contributed by atoms with E-state index in [1.54, 1.807) is 0 Å². The molecule has 0 bridgehead atoms. The maximum absolute atomic E-state index is 2.26. The van der Waals surface area contributed by atoms with Crippen molar-refractivity contribution < 1.29 is 4.68 Å². The topological polar surface area (TPSA) is 8.81 Å². The molecule has 0 aliphatic heterocycles. The first kappa shape index (κ1) is 19.4. The lowest BCUT2D eigenvalue weighted by Crippen LogP contribution is -2.37. The molecule has 0 spiro atoms. The Balaban J connectivity index is 0.000000921. The van der Waals surface area contributed by atoms with Crippen LogP contribution in [0.4, 0.5) is 0 Å². The van der Waals surface area contributed by atoms with E-state index < -0.39 is 0 Å². The van der Waals surface area contributed by atoms with Gasteiger partial charge in [-0.05, 0) is 29.5 Å². The second-order valence-corrected chi connectivity index (χ2v) is 5.61. The molecule has 0 fully saturated rings. The molecule has 1 heterocycles. The van der Waals surface area contributed by atoms with E-state index in [1.165, 1.54) is 16.8 Å². The van der Waals surface area contributed by atoms with Gasteiger partial charge in [0.1, 0.15) is 5.69 Å². The smallest absolute Gasteiger partial charge is 0.128 e. The van der Waals surface area contributed by atoms with Gasteiger partial charge < -0.3 is 0 Å². The zero-order chi connectivity index (χ0) is 16.6. The number of aryl methyl sites for hydroxylation is 1. The highest BCUT2D eigenvalue weighted by atomic mass is 15.4. The highest BCUT2D eigenvalue weighted by Gasteiger charge is 2.19. The summed E-state index contributed by atoms with van der Waals surface area (Å²) in [6.07, 6.45) is 4.15. The zero-order valence-corrected chi connectivity index (χ0v) is 15.4. The summed E-state index contributed by atoms with van der Waals surface area (Å²) >= 11 is 0. The molecule has 0 aliphatic rings. The van der Waals surface area contributed by atoms with Crippen molar-refractivity contribution in [3.63, 3.8) is 0 Å². The van der Waals surface area contributed by atoms with E-state index in [0.717, 1.165) is 0 Å². The summed E-state index contributed by atoms with van der Waals surface area (Å²) in [6, 6.07) is 8.60. The summed E-state index contributed by atoms with van der Waals surface area (Å²) in [5.41, 5.74) is 4.20. The Hall–Kier alpha value is -1.57. The van der Waals surface area contributed by atoms with Crippen molar-refractivity contribution in [1.29, 1.82) is 0 Å². The first-order chi connectivity index (χ1) is 9.91. The van der Waals surface area contributed by atoms with Crippen LogP contribution in [0.2, 0.25) is 0 Å². The van der Waals surface area contributed by atoms with Crippen LogP contribution in [0, 0.1) is 6.92 Å². The van der Waals surface area contributed by atoms with Crippen molar-refractivity contribution in [1.82, 2.24) is 4.68 Å². The van der Waals surface area contributed by atoms with Gasteiger partial charge in [0, 0.05) is 6.07 Å². The van der Waals surface area contributed by atoms with Gasteiger partial charge in [-0.25, -0.2) is 0 Å². The van der Waals surface area contributed by atoms with Gasteiger partial charge in [-0.15, -0.1) is 9.36 Å². The highest BCUT2D eigenvalue weighted by Crippen LogP contribution is 2.28. The maximum Gasteiger partial charge on any atom is 0.195 e. The zero-order valence-electron chi connectivity index (χ0n) is 15.4. The van der Waals surface area contributed by atoms with E-state index in [4.69, 9.17) is 0 Å². The van der Waals surface area contributed by atoms with Gasteiger partial charge in [-0.3, -0.25) is 0 Å². The second-order valence-electron chi connectivity index (χ2n) is 5.61. The lowest BCUT2D eigenvalue weighted by Gasteiger charge is -2.22. The van der Waals surface area contributed by atoms with Crippen LogP contribution in [-0.4, -0.2) is 4.68 Å². The number of hydrogen-bond donors (Lipinski definition) is 0. The SMILES string of the molecule is CC.CC.Cc1c(-n2ccc[n+]2C)cccc1C(C)(C)C. The van der Waals surface area contributed by atoms with Gasteiger partial charge in [0.15, 0.2) is 13.2 Å². The first-order valence-electron chi connectivity index (χ1n) is 8.05. The Morgan fingerprint density at radius 1 is 0.952 bits per heavy atom. The molecule has 1 aromatic heterocycles. The molecular formula is C19H33N2+. The highest BCUT2D eigenvalue weighted by molar-refractivity contribution is 5.46. The molecule has 0 aliphatic carbocycles. The fourth-order valence-corrected chi connectivity index (χ4v) is 2.36. The molecule has 118 valence electrons. The van der Waals surface area contributed by atoms with Crippen LogP contribution in [0.1, 0.15) is 59.6 Å². The third-order valence-corrected chi connectivity index (χ3v) is 3.23. The van der Waals surface area contributed by atoms with Gasteiger partial charge in [0.2, 0.25) is 0 Å². The minimum absolute atomic E-state index is 0.186. The number of rotatable bonds is 1. The van der Waals surface area contributed by atoms with Gasteiger partial charge >= 0.3 is 0 Å². The summed E-state index contributed by atoms with van der Waals surface area (Å²) in [5.74, 6) is 0. The quantitative estimate of drug-likeness (QED) is 0.656. The molecule has 0 unspecified atom stereocenters. The molecule has 21 heavy (non-hydrogen) atoms. The average Bonchev–Trinajstić information content (AvgIpc) is 2.88. The van der Waals surface area contributed by atoms with Crippen LogP contribution in [-0.2, 0) is 12.5 Å². The summed E-state index contributed by atoms with van der Waals surface area (Å²) in [6.45, 7) is 17.0. The molecule has 0 saturated heterocycles. The van der Waals surface area contributed by atoms with Gasteiger partial charge in [0.05, 0.1) is 6.20 Å². The normalized spacial score (nSPS) is 10.1. The predicted octanol–water partition coefficient (Wildman–Crippen LogP) is 4.96. The van der Waals surface area contributed by atoms with Crippen molar-refractivity contribution in [2.45, 2.75) is 60.8 Å². The van der Waals surface area contributed by atoms with E-state index in [1.807, 2.05) is 27.7 Å². The van der Waals surface area contributed by atoms with Crippen LogP contribution in [0.3, 0.4) is 0 Å². The number of hydrogen-bond acceptors (Lipinski definition) is 0. The van der Waals surface area contributed by atoms with Crippen molar-refractivity contribution in [2.75, 3.05) is 0 Å². The lowest BCUT2D eigenvalue weighted by molar-refractivity contribution is -0.744. The van der Waals surface area contributed by atoms with E-state index >= 15 is 0 Å². The molecule has 0 atom stereocenters. The standard InChI is InChI=1S/C15H21N2.2C2H6/c1-12-13(15(2,3)4)8-6-9-14(12)17-11-7-10-16(17)5;2*1-2/h6-11H,1-5H3;2*1-2H3/q+1;;. The van der Waals surface area contributed by atoms with Crippen molar-refractivity contribution in [2.24, 2.45) is 7.05 Å². The Labute approximate surface area is 131 Å². The predicted molar refractivity (Wildman–Crippen MR) is 93.1 cm³/mol. The third kappa shape index (κ3) is 4.73. The molecule has 0 amide bonds. The maximum atomic E-state index is 2.26. The van der Waals surface area contributed by atoms with Gasteiger partial charge in [-0.2, -0.15) is 0 Å². The van der Waals surface area contributed by atoms with Crippen LogP contribution in [0.15, 0.2) is 36.7 Å². The largest absolute Gasteiger partial charge is 0.195 e. The molecule has 0 radical (unpaired) electrons. The molecule has 2 heteroatoms. The minimum Gasteiger partial charge on any atom is -0.128 e. The summed E-state index contributed by atoms with van der Waals surface area (Å²) < 4.78 is 4.26. The first-order valence-corrected chi connectivity index (χ1v) is 8.05. The molecular weight excluding hydrogens is 256 g/mol. The van der Waals surface area contributed by atoms with Gasteiger partial charge in [0.25, 0.3) is 0 Å². The third-order valence-electron chi connectivity index (χ3n) is 3.23. The molecule has 0 N–H and O–H groups in total. The fraction of sp³-hybridized carbons (Fsp3) is 0.526. The molecule has 2 rings (SSSR count). The number of benzene rings is 1. The van der Waals surface area contributed by atoms with Gasteiger partial charge in [-0.1, -0.05) is 60.6 Å². The number of nitrogens with zero attached hydrogens (tertiary/aromatic N) is 2. The van der Waals surface area contributed by atoms with Crippen molar-refractivity contribution >= 4 is 0 Å². The van der Waals surface area contributed by atoms with Crippen molar-refractivity contribution in [3.8, 4) is 5.69 Å². The van der Waals surface area contributed by atoms with Crippen molar-refractivity contribution in [3.05, 3.63) is 47.8 Å². The van der Waals surface area contributed by atoms with E-state index in [-0.39, 0.29) is 5.41 Å². The Morgan fingerprint density at radius 3 is 1.95 bits per heavy atom. The molecule has 2 aromatic rings. The summed E-state index contributed by atoms with van der Waals surface area (Å²) in [4.78, 5) is 0. The Morgan fingerprint density at radius 2 is 1.52 bits per heavy atom. The molecule has 2 nitrogen and oxygen atoms in total. The monoisotopic (exact) mass is 289 g/mol. The van der Waals surface area contributed by atoms with E-state index in [9.17, 15) is 0 Å². The average molecular weight is 289 g/mol. The van der Waals surface area contributed by atoms with E-state index in [2.05, 4.69) is 80.8 Å². The van der Waals surface area contributed by atoms with Crippen LogP contribution >= 0.6 is 0 Å². The summed E-state index contributed by atoms with van der Waals surface area (Å²) in [5, 5.41) is 0. The Kier molecular flexibility index (Phi) is 8.01. The van der Waals surface area contributed by atoms with Crippen LogP contribution in [0.5, 0.6) is 0 Å². The second kappa shape index (κ2) is 8.66. The van der Waals surface area contributed by atoms with Crippen LogP contribution in [0.25, 0.3) is 5.69 Å². The van der Waals surface area contributed by atoms with Crippen LogP contribution < -0.4 is 4.68 Å². The molecule has 1 aromatic carbocycles. The van der Waals surface area contributed by atoms with E-state index in [0.29, 0.717) is 0 Å². The lowest BCUT2D eigenvalue weighted by atomic mass is 9.83. The minimum atomic E-state index is 0.186. The molecule has 0 saturated carbocycles. The Bertz CT molecular complexity index is 531.